The Hall–Kier alpha value is -6.73. The number of H-pyrrole nitrogens is 2. The zero-order valence-electron chi connectivity index (χ0n) is 41.6. The smallest absolute Gasteiger partial charge is 0.407 e. The van der Waals surface area contributed by atoms with Gasteiger partial charge >= 0.3 is 12.2 Å². The van der Waals surface area contributed by atoms with E-state index in [2.05, 4.69) is 49.2 Å². The number of aromatic nitrogens is 5. The van der Waals surface area contributed by atoms with Gasteiger partial charge in [-0.1, -0.05) is 26.8 Å². The van der Waals surface area contributed by atoms with E-state index in [1.54, 1.807) is 34.7 Å². The van der Waals surface area contributed by atoms with Crippen LogP contribution in [0.3, 0.4) is 0 Å². The van der Waals surface area contributed by atoms with E-state index in [4.69, 9.17) is 23.9 Å². The average molecular weight is 1000 g/mol. The van der Waals surface area contributed by atoms with Crippen molar-refractivity contribution in [3.05, 3.63) is 88.1 Å². The first kappa shape index (κ1) is 48.9. The molecule has 10 rings (SSSR count). The molecule has 4 N–H and O–H groups in total. The number of carbonyl (C=O) groups excluding carboxylic acids is 4. The number of imidazole rings is 2. The number of hydrogen-bond acceptors (Lipinski definition) is 11. The molecule has 0 spiro atoms. The lowest BCUT2D eigenvalue weighted by molar-refractivity contribution is -0.138. The first-order valence-electron chi connectivity index (χ1n) is 25.0. The summed E-state index contributed by atoms with van der Waals surface area (Å²) in [7, 11) is 2.57. The molecule has 3 saturated heterocycles. The number of aryl methyl sites for hydroxylation is 1. The molecule has 0 bridgehead atoms. The highest BCUT2D eigenvalue weighted by atomic mass is 32.1. The van der Waals surface area contributed by atoms with Gasteiger partial charge in [0.25, 0.3) is 0 Å². The number of ether oxygens (including phenoxy) is 4. The fourth-order valence-electron chi connectivity index (χ4n) is 11.3. The molecule has 4 aliphatic heterocycles. The highest BCUT2D eigenvalue weighted by Crippen LogP contribution is 2.48. The number of nitrogens with zero attached hydrogens (tertiary/aromatic N) is 5. The number of fused-ring (bicyclic) bond motifs is 5. The second kappa shape index (κ2) is 20.1. The van der Waals surface area contributed by atoms with Crippen molar-refractivity contribution in [1.29, 1.82) is 0 Å². The van der Waals surface area contributed by atoms with Gasteiger partial charge in [-0.15, -0.1) is 11.3 Å². The molecule has 19 heteroatoms. The molecule has 0 saturated carbocycles. The number of rotatable bonds is 12. The minimum Gasteiger partial charge on any atom is -0.464 e. The first-order chi connectivity index (χ1) is 34.7. The molecule has 0 aliphatic carbocycles. The molecule has 4 aliphatic rings. The second-order valence-electron chi connectivity index (χ2n) is 19.8. The third-order valence-electron chi connectivity index (χ3n) is 14.8. The maximum absolute atomic E-state index is 17.2. The zero-order chi connectivity index (χ0) is 50.5. The van der Waals surface area contributed by atoms with E-state index in [0.29, 0.717) is 78.3 Å². The summed E-state index contributed by atoms with van der Waals surface area (Å²) in [5, 5.41) is 5.96. The number of alkyl carbamates (subject to hydrolysis) is 2. The minimum atomic E-state index is -0.778. The van der Waals surface area contributed by atoms with Crippen LogP contribution in [-0.2, 0) is 30.2 Å². The van der Waals surface area contributed by atoms with Crippen LogP contribution in [0.2, 0.25) is 0 Å². The number of benzene rings is 2. The maximum Gasteiger partial charge on any atom is 0.407 e. The highest BCUT2D eigenvalue weighted by Gasteiger charge is 2.43. The van der Waals surface area contributed by atoms with Gasteiger partial charge in [0, 0.05) is 40.0 Å². The van der Waals surface area contributed by atoms with Crippen LogP contribution in [0, 0.1) is 17.7 Å². The summed E-state index contributed by atoms with van der Waals surface area (Å²) in [5.74, 6) is 0.718. The van der Waals surface area contributed by atoms with Gasteiger partial charge < -0.3 is 49.3 Å². The number of halogens is 1. The number of carbonyl (C=O) groups is 4. The van der Waals surface area contributed by atoms with E-state index in [-0.39, 0.29) is 47.9 Å². The summed E-state index contributed by atoms with van der Waals surface area (Å²) in [6.45, 7) is 10.9. The summed E-state index contributed by atoms with van der Waals surface area (Å²) < 4.78 is 42.0. The van der Waals surface area contributed by atoms with Gasteiger partial charge in [0.15, 0.2) is 0 Å². The average Bonchev–Trinajstić information content (AvgIpc) is 4.24. The lowest BCUT2D eigenvalue weighted by Gasteiger charge is -2.38. The monoisotopic (exact) mass is 1000 g/mol. The molecule has 0 radical (unpaired) electrons. The fraction of sp³-hybridized carbons (Fsp3) is 0.472. The van der Waals surface area contributed by atoms with Crippen LogP contribution in [0.1, 0.15) is 113 Å². The van der Waals surface area contributed by atoms with Crippen molar-refractivity contribution in [2.24, 2.45) is 11.8 Å². The Balaban J connectivity index is 0.945. The predicted octanol–water partition coefficient (Wildman–Crippen LogP) is 9.43. The van der Waals surface area contributed by atoms with E-state index in [1.807, 2.05) is 62.9 Å². The number of aromatic amines is 2. The number of amides is 4. The third-order valence-corrected chi connectivity index (χ3v) is 16.0. The van der Waals surface area contributed by atoms with Crippen LogP contribution in [0.25, 0.3) is 44.7 Å². The quantitative estimate of drug-likeness (QED) is 0.0916. The third kappa shape index (κ3) is 9.09. The molecular weight excluding hydrogens is 942 g/mol. The number of likely N-dealkylation sites (tertiary alicyclic amines) is 2. The van der Waals surface area contributed by atoms with Crippen molar-refractivity contribution < 1.29 is 42.5 Å². The predicted molar refractivity (Wildman–Crippen MR) is 269 cm³/mol. The summed E-state index contributed by atoms with van der Waals surface area (Å²) in [5.41, 5.74) is 4.65. The Morgan fingerprint density at radius 3 is 2.12 bits per heavy atom. The topological polar surface area (TPSA) is 198 Å². The van der Waals surface area contributed by atoms with E-state index >= 15 is 4.39 Å². The van der Waals surface area contributed by atoms with E-state index < -0.39 is 36.3 Å². The Labute approximate surface area is 421 Å². The summed E-state index contributed by atoms with van der Waals surface area (Å²) in [6, 6.07) is 13.5. The van der Waals surface area contributed by atoms with Gasteiger partial charge in [-0.3, -0.25) is 14.2 Å². The molecule has 6 aromatic rings. The summed E-state index contributed by atoms with van der Waals surface area (Å²) in [4.78, 5) is 75.1. The first-order valence-corrected chi connectivity index (χ1v) is 25.9. The van der Waals surface area contributed by atoms with Crippen LogP contribution in [0.15, 0.2) is 60.9 Å². The Morgan fingerprint density at radius 2 is 1.47 bits per heavy atom. The molecule has 380 valence electrons. The molecule has 8 atom stereocenters. The SMILES string of the molecule is CCc1ccc(C2Oc3cc(-c4cnc([C@@H]5CCCN5C(=O)C(NC(=O)OC)C5C[C@@H](C)O[C@@H](C)C5)[nH]4)ccc3-c3cc4c(F)c(-c5cnc([C@@H]6CCCN6C(=O)[C@@H](NC(=O)OC)C(C)C)[nH]5)ccc4n32)s1. The Morgan fingerprint density at radius 1 is 0.833 bits per heavy atom. The number of methoxy groups -OCH3 is 2. The Bertz CT molecular complexity index is 3010. The highest BCUT2D eigenvalue weighted by molar-refractivity contribution is 7.12. The Kier molecular flexibility index (Phi) is 13.6. The van der Waals surface area contributed by atoms with Crippen molar-refractivity contribution >= 4 is 46.2 Å². The summed E-state index contributed by atoms with van der Waals surface area (Å²) in [6.07, 6.45) is 6.42. The van der Waals surface area contributed by atoms with E-state index in [9.17, 15) is 19.2 Å². The largest absolute Gasteiger partial charge is 0.464 e. The molecule has 3 unspecified atom stereocenters. The lowest BCUT2D eigenvalue weighted by Crippen LogP contribution is -2.54. The maximum atomic E-state index is 17.2. The van der Waals surface area contributed by atoms with Crippen LogP contribution >= 0.6 is 11.3 Å². The van der Waals surface area contributed by atoms with Crippen LogP contribution in [0.4, 0.5) is 14.0 Å². The van der Waals surface area contributed by atoms with Gasteiger partial charge in [0.1, 0.15) is 35.3 Å². The molecule has 8 heterocycles. The van der Waals surface area contributed by atoms with Gasteiger partial charge in [-0.2, -0.15) is 0 Å². The van der Waals surface area contributed by atoms with E-state index in [0.717, 1.165) is 46.7 Å². The van der Waals surface area contributed by atoms with Crippen LogP contribution in [-0.4, -0.2) is 110 Å². The molecule has 3 fully saturated rings. The zero-order valence-corrected chi connectivity index (χ0v) is 42.4. The molecular formula is C53H62FN9O8S. The second-order valence-corrected chi connectivity index (χ2v) is 21.0. The van der Waals surface area contributed by atoms with Gasteiger partial charge in [-0.25, -0.2) is 23.9 Å². The standard InChI is InChI=1S/C53H62FN9O8S/c1-8-32-14-18-43(72-32)51-63-38-17-16-33(37-26-56-48(58-37)40-12-9-19-61(40)49(64)45(27(2)3)59-52(66)68-6)44(54)35(38)24-41(63)34-15-13-30(23-42(34)71-51)36-25-55-47(57-36)39-11-10-20-62(39)50(65)46(60-53(67)69-7)31-21-28(4)70-29(5)22-31/h13-18,23-29,31,39-40,45-46,51H,8-12,19-22H2,1-7H3,(H,55,57)(H,56,58)(H,59,66)(H,60,67)/t28-,29+,31?,39-,40-,45-,46?,51?/m0/s1. The van der Waals surface area contributed by atoms with Crippen molar-refractivity contribution in [3.8, 4) is 39.5 Å². The van der Waals surface area contributed by atoms with Crippen molar-refractivity contribution in [2.45, 2.75) is 122 Å². The van der Waals surface area contributed by atoms with Crippen molar-refractivity contribution in [1.82, 2.24) is 44.9 Å². The molecule has 2 aromatic carbocycles. The van der Waals surface area contributed by atoms with Gasteiger partial charge in [-0.05, 0) is 113 Å². The minimum absolute atomic E-state index is 0.0514. The molecule has 72 heavy (non-hydrogen) atoms. The van der Waals surface area contributed by atoms with Crippen molar-refractivity contribution in [2.75, 3.05) is 27.3 Å². The van der Waals surface area contributed by atoms with Crippen molar-refractivity contribution in [3.63, 3.8) is 0 Å². The van der Waals surface area contributed by atoms with Crippen LogP contribution in [0.5, 0.6) is 5.75 Å². The normalized spacial score (nSPS) is 22.6. The lowest BCUT2D eigenvalue weighted by atomic mass is 9.85. The van der Waals surface area contributed by atoms with Crippen LogP contribution < -0.4 is 15.4 Å². The number of hydrogen-bond donors (Lipinski definition) is 4. The van der Waals surface area contributed by atoms with E-state index in [1.165, 1.54) is 19.1 Å². The molecule has 4 amide bonds. The molecule has 17 nitrogen and oxygen atoms in total. The fourth-order valence-corrected chi connectivity index (χ4v) is 12.3. The van der Waals surface area contributed by atoms with Gasteiger partial charge in [0.2, 0.25) is 18.0 Å². The molecule has 4 aromatic heterocycles. The number of thiophene rings is 1. The van der Waals surface area contributed by atoms with Gasteiger partial charge in [0.05, 0.1) is 78.4 Å². The number of nitrogens with one attached hydrogen (secondary N) is 4. The summed E-state index contributed by atoms with van der Waals surface area (Å²) >= 11 is 1.66.